The highest BCUT2D eigenvalue weighted by Gasteiger charge is 2.61. The number of imide groups is 1. The summed E-state index contributed by atoms with van der Waals surface area (Å²) >= 11 is 6.41. The van der Waals surface area contributed by atoms with Crippen molar-refractivity contribution in [2.45, 2.75) is 32.2 Å². The van der Waals surface area contributed by atoms with Crippen molar-refractivity contribution in [2.75, 3.05) is 11.4 Å². The van der Waals surface area contributed by atoms with Crippen LogP contribution in [0.3, 0.4) is 0 Å². The maximum absolute atomic E-state index is 13.3. The number of benzene rings is 2. The predicted octanol–water partition coefficient (Wildman–Crippen LogP) is 4.07. The first-order valence-electron chi connectivity index (χ1n) is 11.1. The van der Waals surface area contributed by atoms with Crippen LogP contribution in [0.25, 0.3) is 0 Å². The molecule has 3 fully saturated rings. The molecule has 4 unspecified atom stereocenters. The molecule has 2 saturated carbocycles. The fourth-order valence-electron chi connectivity index (χ4n) is 6.32. The van der Waals surface area contributed by atoms with Crippen LogP contribution in [0.15, 0.2) is 42.5 Å². The van der Waals surface area contributed by atoms with E-state index < -0.39 is 0 Å². The van der Waals surface area contributed by atoms with Gasteiger partial charge in [-0.05, 0) is 66.8 Å². The van der Waals surface area contributed by atoms with Gasteiger partial charge in [0.05, 0.1) is 28.1 Å². The lowest BCUT2D eigenvalue weighted by Crippen LogP contribution is -2.36. The van der Waals surface area contributed by atoms with E-state index in [1.165, 1.54) is 10.5 Å². The van der Waals surface area contributed by atoms with Crippen LogP contribution in [0.4, 0.5) is 5.69 Å². The van der Waals surface area contributed by atoms with Gasteiger partial charge in [0.15, 0.2) is 0 Å². The molecule has 2 heterocycles. The highest BCUT2D eigenvalue weighted by Crippen LogP contribution is 2.56. The summed E-state index contributed by atoms with van der Waals surface area (Å²) in [5.41, 5.74) is 3.22. The maximum atomic E-state index is 13.3. The third-order valence-electron chi connectivity index (χ3n) is 7.78. The minimum atomic E-state index is -0.181. The number of hydrogen-bond donors (Lipinski definition) is 0. The summed E-state index contributed by atoms with van der Waals surface area (Å²) in [7, 11) is 0. The number of fused-ring (bicyclic) bond motifs is 6. The van der Waals surface area contributed by atoms with Crippen LogP contribution in [0.2, 0.25) is 5.02 Å². The number of nitrogens with zero attached hydrogens (tertiary/aromatic N) is 2. The van der Waals surface area contributed by atoms with Gasteiger partial charge in [0.25, 0.3) is 5.91 Å². The Bertz CT molecular complexity index is 1100. The largest absolute Gasteiger partial charge is 0.334 e. The molecule has 6 rings (SSSR count). The van der Waals surface area contributed by atoms with Crippen molar-refractivity contribution < 1.29 is 14.4 Å². The van der Waals surface area contributed by atoms with Gasteiger partial charge in [-0.1, -0.05) is 35.9 Å². The first-order chi connectivity index (χ1) is 15.0. The van der Waals surface area contributed by atoms with Crippen molar-refractivity contribution in [3.05, 3.63) is 64.2 Å². The molecule has 4 aliphatic rings. The van der Waals surface area contributed by atoms with E-state index in [2.05, 4.69) is 6.07 Å². The molecular formula is C25H23ClN2O3. The number of rotatable bonds is 2. The van der Waals surface area contributed by atoms with Crippen molar-refractivity contribution in [2.24, 2.45) is 23.7 Å². The summed E-state index contributed by atoms with van der Waals surface area (Å²) in [6.07, 6.45) is 3.88. The van der Waals surface area contributed by atoms with Crippen LogP contribution >= 0.6 is 11.6 Å². The molecule has 2 aromatic carbocycles. The van der Waals surface area contributed by atoms with Gasteiger partial charge >= 0.3 is 0 Å². The van der Waals surface area contributed by atoms with Crippen LogP contribution < -0.4 is 4.90 Å². The fraction of sp³-hybridized carbons (Fsp3) is 0.400. The Kier molecular flexibility index (Phi) is 4.26. The first-order valence-corrected chi connectivity index (χ1v) is 11.4. The molecule has 0 aromatic heterocycles. The van der Waals surface area contributed by atoms with Crippen molar-refractivity contribution in [1.82, 2.24) is 4.90 Å². The van der Waals surface area contributed by atoms with Gasteiger partial charge in [-0.25, -0.2) is 0 Å². The van der Waals surface area contributed by atoms with Gasteiger partial charge in [-0.15, -0.1) is 0 Å². The maximum Gasteiger partial charge on any atom is 0.255 e. The molecule has 2 aromatic rings. The lowest BCUT2D eigenvalue weighted by atomic mass is 9.81. The number of carbonyl (C=O) groups is 3. The minimum Gasteiger partial charge on any atom is -0.334 e. The second-order valence-electron chi connectivity index (χ2n) is 9.31. The molecule has 0 spiro atoms. The molecule has 1 saturated heterocycles. The molecule has 2 bridgehead atoms. The van der Waals surface area contributed by atoms with Crippen LogP contribution in [0, 0.1) is 23.7 Å². The number of halogens is 1. The molecule has 6 heteroatoms. The van der Waals surface area contributed by atoms with Crippen molar-refractivity contribution >= 4 is 35.0 Å². The Balaban J connectivity index is 1.30. The summed E-state index contributed by atoms with van der Waals surface area (Å²) in [6.45, 7) is 1.15. The van der Waals surface area contributed by atoms with E-state index in [-0.39, 0.29) is 29.6 Å². The molecule has 5 nitrogen and oxygen atoms in total. The number of amides is 3. The Morgan fingerprint density at radius 2 is 1.61 bits per heavy atom. The molecule has 4 atom stereocenters. The van der Waals surface area contributed by atoms with Gasteiger partial charge in [-0.2, -0.15) is 0 Å². The molecule has 2 aliphatic heterocycles. The quantitative estimate of drug-likeness (QED) is 0.669. The third-order valence-corrected chi connectivity index (χ3v) is 8.11. The van der Waals surface area contributed by atoms with E-state index in [0.29, 0.717) is 41.2 Å². The molecule has 3 amide bonds. The Hall–Kier alpha value is -2.66. The van der Waals surface area contributed by atoms with Crippen molar-refractivity contribution in [3.8, 4) is 0 Å². The van der Waals surface area contributed by atoms with Crippen molar-refractivity contribution in [3.63, 3.8) is 0 Å². The van der Waals surface area contributed by atoms with E-state index in [0.717, 1.165) is 31.2 Å². The molecule has 0 radical (unpaired) electrons. The smallest absolute Gasteiger partial charge is 0.255 e. The summed E-state index contributed by atoms with van der Waals surface area (Å²) in [5.74, 6) is -0.0683. The molecule has 158 valence electrons. The van der Waals surface area contributed by atoms with E-state index in [1.54, 1.807) is 23.1 Å². The zero-order valence-electron chi connectivity index (χ0n) is 17.1. The van der Waals surface area contributed by atoms with Gasteiger partial charge in [0.2, 0.25) is 11.8 Å². The fourth-order valence-corrected chi connectivity index (χ4v) is 6.52. The van der Waals surface area contributed by atoms with E-state index in [4.69, 9.17) is 11.6 Å². The first kappa shape index (κ1) is 19.1. The Morgan fingerprint density at radius 3 is 2.32 bits per heavy atom. The normalized spacial score (nSPS) is 28.8. The van der Waals surface area contributed by atoms with E-state index in [1.807, 2.05) is 18.2 Å². The van der Waals surface area contributed by atoms with Gasteiger partial charge in [0.1, 0.15) is 0 Å². The monoisotopic (exact) mass is 434 g/mol. The van der Waals surface area contributed by atoms with Crippen LogP contribution in [0.1, 0.15) is 40.7 Å². The summed E-state index contributed by atoms with van der Waals surface area (Å²) in [6, 6.07) is 13.1. The Labute approximate surface area is 186 Å². The van der Waals surface area contributed by atoms with Gasteiger partial charge < -0.3 is 4.90 Å². The summed E-state index contributed by atoms with van der Waals surface area (Å²) in [5, 5.41) is 0.340. The predicted molar refractivity (Wildman–Crippen MR) is 117 cm³/mol. The Morgan fingerprint density at radius 1 is 0.935 bits per heavy atom. The second-order valence-corrected chi connectivity index (χ2v) is 9.71. The van der Waals surface area contributed by atoms with Gasteiger partial charge in [0, 0.05) is 13.1 Å². The number of hydrogen-bond acceptors (Lipinski definition) is 3. The standard InChI is InChI=1S/C25H23ClN2O3/c26-20-8-7-18(28-24(30)21-15-5-6-16(11-15)22(21)25(28)31)12-19(20)23(29)27-10-9-14-3-1-2-4-17(14)13-27/h1-4,7-8,12,15-16,21-22H,5-6,9-11,13H2. The molecule has 31 heavy (non-hydrogen) atoms. The second kappa shape index (κ2) is 6.92. The number of carbonyl (C=O) groups excluding carboxylic acids is 3. The van der Waals surface area contributed by atoms with Crippen molar-refractivity contribution in [1.29, 1.82) is 0 Å². The SMILES string of the molecule is O=C(c1cc(N2C(=O)C3C4CCC(C4)C3C2=O)ccc1Cl)N1CCc2ccccc2C1. The highest BCUT2D eigenvalue weighted by atomic mass is 35.5. The average molecular weight is 435 g/mol. The lowest BCUT2D eigenvalue weighted by Gasteiger charge is -2.29. The van der Waals surface area contributed by atoms with Crippen LogP contribution in [0.5, 0.6) is 0 Å². The topological polar surface area (TPSA) is 57.7 Å². The summed E-state index contributed by atoms with van der Waals surface area (Å²) in [4.78, 5) is 42.8. The minimum absolute atomic E-state index is 0.102. The van der Waals surface area contributed by atoms with E-state index in [9.17, 15) is 14.4 Å². The molecule has 2 aliphatic carbocycles. The van der Waals surface area contributed by atoms with Crippen LogP contribution in [-0.2, 0) is 22.6 Å². The number of anilines is 1. The highest BCUT2D eigenvalue weighted by molar-refractivity contribution is 6.34. The van der Waals surface area contributed by atoms with E-state index >= 15 is 0 Å². The zero-order chi connectivity index (χ0) is 21.3. The summed E-state index contributed by atoms with van der Waals surface area (Å²) < 4.78 is 0. The van der Waals surface area contributed by atoms with Gasteiger partial charge in [-0.3, -0.25) is 19.3 Å². The van der Waals surface area contributed by atoms with Crippen LogP contribution in [-0.4, -0.2) is 29.2 Å². The average Bonchev–Trinajstić information content (AvgIpc) is 3.47. The third kappa shape index (κ3) is 2.79. The molecular weight excluding hydrogens is 412 g/mol. The molecule has 0 N–H and O–H groups in total. The zero-order valence-corrected chi connectivity index (χ0v) is 17.8. The lowest BCUT2D eigenvalue weighted by molar-refractivity contribution is -0.123.